The van der Waals surface area contributed by atoms with Crippen LogP contribution in [0.5, 0.6) is 5.75 Å². The number of rotatable bonds is 4. The van der Waals surface area contributed by atoms with Gasteiger partial charge in [-0.05, 0) is 55.2 Å². The minimum atomic E-state index is -0.210. The molecule has 1 aliphatic heterocycles. The van der Waals surface area contributed by atoms with E-state index in [1.54, 1.807) is 18.1 Å². The molecule has 1 heterocycles. The van der Waals surface area contributed by atoms with Gasteiger partial charge in [-0.25, -0.2) is 0 Å². The molecule has 1 aliphatic rings. The molecule has 0 saturated heterocycles. The fraction of sp³-hybridized carbons (Fsp3) is 0.300. The number of carbonyl (C=O) groups is 2. The maximum absolute atomic E-state index is 12.5. The van der Waals surface area contributed by atoms with Crippen LogP contribution in [-0.4, -0.2) is 25.5 Å². The summed E-state index contributed by atoms with van der Waals surface area (Å²) in [5, 5.41) is 2.89. The minimum Gasteiger partial charge on any atom is -0.497 e. The summed E-state index contributed by atoms with van der Waals surface area (Å²) in [6, 6.07) is 13.3. The number of carbonyl (C=O) groups excluding carboxylic acids is 2. The summed E-state index contributed by atoms with van der Waals surface area (Å²) in [4.78, 5) is 26.6. The summed E-state index contributed by atoms with van der Waals surface area (Å²) in [6.45, 7) is 1.92. The highest BCUT2D eigenvalue weighted by atomic mass is 16.5. The monoisotopic (exact) mass is 338 g/mol. The molecule has 0 aliphatic carbocycles. The number of hydrogen-bond acceptors (Lipinski definition) is 3. The molecule has 0 radical (unpaired) electrons. The predicted molar refractivity (Wildman–Crippen MR) is 98.1 cm³/mol. The molecule has 5 heteroatoms. The first kappa shape index (κ1) is 17.0. The average molecular weight is 338 g/mol. The van der Waals surface area contributed by atoms with E-state index in [9.17, 15) is 9.59 Å². The quantitative estimate of drug-likeness (QED) is 0.930. The van der Waals surface area contributed by atoms with Gasteiger partial charge < -0.3 is 15.0 Å². The normalized spacial score (nSPS) is 13.8. The van der Waals surface area contributed by atoms with Crippen molar-refractivity contribution in [2.45, 2.75) is 26.2 Å². The molecule has 1 N–H and O–H groups in total. The number of para-hydroxylation sites is 1. The Morgan fingerprint density at radius 2 is 2.00 bits per heavy atom. The van der Waals surface area contributed by atoms with Crippen molar-refractivity contribution in [2.24, 2.45) is 0 Å². The molecule has 0 saturated carbocycles. The van der Waals surface area contributed by atoms with Gasteiger partial charge in [-0.3, -0.25) is 9.59 Å². The van der Waals surface area contributed by atoms with Crippen LogP contribution in [0.1, 0.15) is 24.0 Å². The Kier molecular flexibility index (Phi) is 5.03. The van der Waals surface area contributed by atoms with Crippen LogP contribution >= 0.6 is 0 Å². The zero-order chi connectivity index (χ0) is 17.8. The standard InChI is InChI=1S/C20H22N2O3/c1-14-12-16(25-2)10-11-17(14)21-19(23)13-22-18-8-4-3-6-15(18)7-5-9-20(22)24/h3-4,6,8,10-12H,5,7,9,13H2,1-2H3,(H,21,23). The molecule has 0 unspecified atom stereocenters. The van der Waals surface area contributed by atoms with Gasteiger partial charge in [0.2, 0.25) is 11.8 Å². The highest BCUT2D eigenvalue weighted by molar-refractivity contribution is 6.03. The molecular formula is C20H22N2O3. The van der Waals surface area contributed by atoms with E-state index in [0.717, 1.165) is 41.1 Å². The van der Waals surface area contributed by atoms with Crippen LogP contribution in [-0.2, 0) is 16.0 Å². The van der Waals surface area contributed by atoms with Gasteiger partial charge in [-0.2, -0.15) is 0 Å². The van der Waals surface area contributed by atoms with Crippen LogP contribution in [0.25, 0.3) is 0 Å². The number of nitrogens with one attached hydrogen (secondary N) is 1. The first-order valence-corrected chi connectivity index (χ1v) is 8.41. The summed E-state index contributed by atoms with van der Waals surface area (Å²) < 4.78 is 5.18. The molecule has 0 fully saturated rings. The van der Waals surface area contributed by atoms with Gasteiger partial charge in [0.05, 0.1) is 7.11 Å². The number of fused-ring (bicyclic) bond motifs is 1. The molecule has 2 aromatic rings. The minimum absolute atomic E-state index is 0.00782. The van der Waals surface area contributed by atoms with Crippen LogP contribution in [0.4, 0.5) is 11.4 Å². The van der Waals surface area contributed by atoms with Crippen molar-refractivity contribution >= 4 is 23.2 Å². The number of aryl methyl sites for hydroxylation is 2. The Labute approximate surface area is 147 Å². The molecule has 25 heavy (non-hydrogen) atoms. The van der Waals surface area contributed by atoms with Gasteiger partial charge in [0.1, 0.15) is 12.3 Å². The van der Waals surface area contributed by atoms with Crippen LogP contribution in [0, 0.1) is 6.92 Å². The summed E-state index contributed by atoms with van der Waals surface area (Å²) >= 11 is 0. The number of methoxy groups -OCH3 is 1. The van der Waals surface area contributed by atoms with E-state index in [1.807, 2.05) is 43.3 Å². The van der Waals surface area contributed by atoms with E-state index in [2.05, 4.69) is 5.32 Å². The Balaban J connectivity index is 1.77. The van der Waals surface area contributed by atoms with Crippen LogP contribution in [0.3, 0.4) is 0 Å². The second-order valence-corrected chi connectivity index (χ2v) is 6.19. The van der Waals surface area contributed by atoms with Crippen molar-refractivity contribution < 1.29 is 14.3 Å². The van der Waals surface area contributed by atoms with Gasteiger partial charge in [0.25, 0.3) is 0 Å². The maximum atomic E-state index is 12.5. The Morgan fingerprint density at radius 1 is 1.20 bits per heavy atom. The number of hydrogen-bond donors (Lipinski definition) is 1. The van der Waals surface area contributed by atoms with Crippen molar-refractivity contribution in [3.63, 3.8) is 0 Å². The molecule has 3 rings (SSSR count). The number of benzene rings is 2. The zero-order valence-corrected chi connectivity index (χ0v) is 14.5. The van der Waals surface area contributed by atoms with Gasteiger partial charge >= 0.3 is 0 Å². The number of nitrogens with zero attached hydrogens (tertiary/aromatic N) is 1. The molecule has 0 aromatic heterocycles. The van der Waals surface area contributed by atoms with E-state index in [-0.39, 0.29) is 18.4 Å². The summed E-state index contributed by atoms with van der Waals surface area (Å²) in [7, 11) is 1.61. The third-order valence-corrected chi connectivity index (χ3v) is 4.43. The lowest BCUT2D eigenvalue weighted by molar-refractivity contribution is -0.121. The smallest absolute Gasteiger partial charge is 0.244 e. The van der Waals surface area contributed by atoms with E-state index in [4.69, 9.17) is 4.74 Å². The molecule has 0 spiro atoms. The lowest BCUT2D eigenvalue weighted by atomic mass is 10.1. The van der Waals surface area contributed by atoms with Gasteiger partial charge in [0, 0.05) is 17.8 Å². The third kappa shape index (κ3) is 3.82. The lowest BCUT2D eigenvalue weighted by Gasteiger charge is -2.22. The molecule has 0 atom stereocenters. The topological polar surface area (TPSA) is 58.6 Å². The molecule has 0 bridgehead atoms. The highest BCUT2D eigenvalue weighted by Crippen LogP contribution is 2.27. The lowest BCUT2D eigenvalue weighted by Crippen LogP contribution is -2.37. The summed E-state index contributed by atoms with van der Waals surface area (Å²) in [5.41, 5.74) is 3.59. The number of anilines is 2. The molecule has 130 valence electrons. The SMILES string of the molecule is COc1ccc(NC(=O)CN2C(=O)CCCc3ccccc32)c(C)c1. The van der Waals surface area contributed by atoms with E-state index in [0.29, 0.717) is 6.42 Å². The molecular weight excluding hydrogens is 316 g/mol. The Hall–Kier alpha value is -2.82. The van der Waals surface area contributed by atoms with Crippen molar-refractivity contribution in [1.29, 1.82) is 0 Å². The molecule has 2 aromatic carbocycles. The van der Waals surface area contributed by atoms with Crippen LogP contribution in [0.15, 0.2) is 42.5 Å². The first-order valence-electron chi connectivity index (χ1n) is 8.41. The van der Waals surface area contributed by atoms with E-state index >= 15 is 0 Å². The Morgan fingerprint density at radius 3 is 2.76 bits per heavy atom. The molecule has 2 amide bonds. The fourth-order valence-electron chi connectivity index (χ4n) is 3.09. The van der Waals surface area contributed by atoms with Gasteiger partial charge in [-0.15, -0.1) is 0 Å². The maximum Gasteiger partial charge on any atom is 0.244 e. The van der Waals surface area contributed by atoms with Gasteiger partial charge in [0.15, 0.2) is 0 Å². The van der Waals surface area contributed by atoms with Gasteiger partial charge in [-0.1, -0.05) is 18.2 Å². The molecule has 5 nitrogen and oxygen atoms in total. The first-order chi connectivity index (χ1) is 12.1. The second-order valence-electron chi connectivity index (χ2n) is 6.19. The van der Waals surface area contributed by atoms with Crippen molar-refractivity contribution in [3.05, 3.63) is 53.6 Å². The van der Waals surface area contributed by atoms with Crippen molar-refractivity contribution in [2.75, 3.05) is 23.9 Å². The zero-order valence-electron chi connectivity index (χ0n) is 14.5. The van der Waals surface area contributed by atoms with E-state index < -0.39 is 0 Å². The summed E-state index contributed by atoms with van der Waals surface area (Å²) in [6.07, 6.45) is 2.13. The average Bonchev–Trinajstić information content (AvgIpc) is 2.76. The summed E-state index contributed by atoms with van der Waals surface area (Å²) in [5.74, 6) is 0.525. The second kappa shape index (κ2) is 7.38. The van der Waals surface area contributed by atoms with E-state index in [1.165, 1.54) is 0 Å². The van der Waals surface area contributed by atoms with Crippen LogP contribution in [0.2, 0.25) is 0 Å². The number of ether oxygens (including phenoxy) is 1. The third-order valence-electron chi connectivity index (χ3n) is 4.43. The van der Waals surface area contributed by atoms with Crippen molar-refractivity contribution in [1.82, 2.24) is 0 Å². The fourth-order valence-corrected chi connectivity index (χ4v) is 3.09. The number of amides is 2. The highest BCUT2D eigenvalue weighted by Gasteiger charge is 2.24. The van der Waals surface area contributed by atoms with Crippen molar-refractivity contribution in [3.8, 4) is 5.75 Å². The largest absolute Gasteiger partial charge is 0.497 e. The predicted octanol–water partition coefficient (Wildman–Crippen LogP) is 3.31. The Bertz CT molecular complexity index is 801. The van der Waals surface area contributed by atoms with Crippen LogP contribution < -0.4 is 15.0 Å².